The largest absolute Gasteiger partial charge is 0.508 e. The minimum atomic E-state index is -2.00. The lowest BCUT2D eigenvalue weighted by Crippen LogP contribution is -2.62. The molecule has 35 heteroatoms. The van der Waals surface area contributed by atoms with E-state index in [4.69, 9.17) is 26.5 Å². The fraction of sp³-hybridized carbons (Fsp3) is 0.485. The molecule has 0 aliphatic carbocycles. The Morgan fingerprint density at radius 3 is 1.80 bits per heavy atom. The molecule has 2 fully saturated rings. The number of aliphatic carboxylic acids is 4. The number of carboxylic acid groups (broad SMARTS) is 4. The van der Waals surface area contributed by atoms with E-state index in [9.17, 15) is 68.4 Å². The lowest BCUT2D eigenvalue weighted by molar-refractivity contribution is -0.145. The molecule has 10 amide bonds. The molecule has 550 valence electrons. The van der Waals surface area contributed by atoms with E-state index >= 15 is 14.4 Å². The van der Waals surface area contributed by atoms with Gasteiger partial charge in [-0.1, -0.05) is 96.1 Å². The summed E-state index contributed by atoms with van der Waals surface area (Å²) in [6.07, 6.45) is -1.85. The third-order valence-electron chi connectivity index (χ3n) is 16.2. The maximum absolute atomic E-state index is 15.1. The highest BCUT2D eigenvalue weighted by Crippen LogP contribution is 2.26. The number of aliphatic hydroxyl groups excluding tert-OH is 1. The number of phenolic OH excluding ortho intramolecular Hbond substituents is 1. The number of aromatic nitrogens is 1. The number of unbranched alkanes of at least 4 members (excludes halogenated alkanes) is 1. The fourth-order valence-corrected chi connectivity index (χ4v) is 13.1. The number of nitrogens with one attached hydrogen (secondary N) is 10. The molecule has 0 spiro atoms. The number of benzene rings is 3. The number of nitrogens with zero attached hydrogens (tertiary/aromatic N) is 1. The van der Waals surface area contributed by atoms with Crippen LogP contribution in [0.15, 0.2) is 85.1 Å². The number of H-pyrrole nitrogens is 1. The van der Waals surface area contributed by atoms with E-state index in [1.54, 1.807) is 60.8 Å². The van der Waals surface area contributed by atoms with Gasteiger partial charge in [-0.05, 0) is 92.8 Å². The quantitative estimate of drug-likeness (QED) is 0.0243. The number of carboxylic acids is 4. The van der Waals surface area contributed by atoms with E-state index in [0.717, 1.165) is 33.4 Å². The summed E-state index contributed by atoms with van der Waals surface area (Å²) < 4.78 is 0. The van der Waals surface area contributed by atoms with Gasteiger partial charge in [-0.3, -0.25) is 62.3 Å². The van der Waals surface area contributed by atoms with E-state index in [1.165, 1.54) is 45.0 Å². The molecule has 2 saturated heterocycles. The SMILES string of the molecule is CC(=O)O.CC(C)[C@H](NC(=O)[C@@H]1CSSC[C@H](NC(=O)[C@H](CC(=O)O)NC(=O)[C@@H]2CCCN2C(=O)[C@@H](NC(=O)[C@@H](N)CCC(=O)O)[C@@H](C)O)C(=O)N[C@@H](Cc2ccccc2)C(=O)N[C@@H](Cc2c[nH]c3ccccc23)C(=O)N[C@@H](CCCCN)C(=O)N[C@@H](Cc2ccc(O)cc2)C(=O)N1)C(=O)O. The molecule has 12 atom stereocenters. The van der Waals surface area contributed by atoms with Crippen LogP contribution in [0.4, 0.5) is 0 Å². The smallest absolute Gasteiger partial charge is 0.326 e. The number of amides is 10. The number of fused-ring (bicyclic) bond motifs is 1. The summed E-state index contributed by atoms with van der Waals surface area (Å²) in [6, 6.07) is 3.64. The Kier molecular flexibility index (Phi) is 32.7. The first kappa shape index (κ1) is 81.8. The summed E-state index contributed by atoms with van der Waals surface area (Å²) >= 11 is 0. The van der Waals surface area contributed by atoms with Crippen molar-refractivity contribution in [3.05, 3.63) is 102 Å². The van der Waals surface area contributed by atoms with Gasteiger partial charge in [0.2, 0.25) is 59.1 Å². The number of phenols is 1. The molecule has 4 aromatic rings. The maximum atomic E-state index is 15.1. The van der Waals surface area contributed by atoms with Crippen molar-refractivity contribution in [2.24, 2.45) is 17.4 Å². The van der Waals surface area contributed by atoms with Crippen LogP contribution in [0.25, 0.3) is 10.9 Å². The number of rotatable bonds is 27. The summed E-state index contributed by atoms with van der Waals surface area (Å²) in [6.45, 7) is 5.40. The number of hydrogen-bond donors (Lipinski definition) is 18. The molecule has 0 bridgehead atoms. The second kappa shape index (κ2) is 40.4. The van der Waals surface area contributed by atoms with Crippen LogP contribution in [0.3, 0.4) is 0 Å². The summed E-state index contributed by atoms with van der Waals surface area (Å²) in [5, 5.41) is 81.5. The van der Waals surface area contributed by atoms with E-state index in [2.05, 4.69) is 52.8 Å². The number of aromatic amines is 1. The Balaban J connectivity index is 0.00000447. The number of aromatic hydroxyl groups is 1. The van der Waals surface area contributed by atoms with Crippen LogP contribution in [0.1, 0.15) is 95.8 Å². The first-order valence-electron chi connectivity index (χ1n) is 32.5. The lowest BCUT2D eigenvalue weighted by Gasteiger charge is -2.31. The van der Waals surface area contributed by atoms with E-state index in [-0.39, 0.29) is 70.2 Å². The molecule has 2 aliphatic heterocycles. The highest BCUT2D eigenvalue weighted by atomic mass is 33.1. The molecular weight excluding hydrogens is 1360 g/mol. The van der Waals surface area contributed by atoms with Gasteiger partial charge < -0.3 is 99.8 Å². The van der Waals surface area contributed by atoms with E-state index in [0.29, 0.717) is 34.0 Å². The number of carbonyl (C=O) groups excluding carboxylic acids is 10. The molecule has 0 radical (unpaired) electrons. The zero-order valence-electron chi connectivity index (χ0n) is 56.0. The molecule has 2 aliphatic rings. The first-order chi connectivity index (χ1) is 47.9. The van der Waals surface area contributed by atoms with Gasteiger partial charge in [-0.25, -0.2) is 4.79 Å². The Labute approximate surface area is 588 Å². The van der Waals surface area contributed by atoms with Crippen LogP contribution in [-0.2, 0) is 86.4 Å². The molecule has 0 unspecified atom stereocenters. The van der Waals surface area contributed by atoms with E-state index < -0.39 is 186 Å². The second-order valence-electron chi connectivity index (χ2n) is 24.5. The van der Waals surface area contributed by atoms with Crippen LogP contribution in [-0.4, -0.2) is 221 Å². The third-order valence-corrected chi connectivity index (χ3v) is 18.6. The van der Waals surface area contributed by atoms with Crippen LogP contribution < -0.4 is 59.3 Å². The summed E-state index contributed by atoms with van der Waals surface area (Å²) in [4.78, 5) is 194. The van der Waals surface area contributed by atoms with Gasteiger partial charge in [0, 0.05) is 67.8 Å². The number of para-hydroxylation sites is 1. The normalized spacial score (nSPS) is 21.0. The van der Waals surface area contributed by atoms with Gasteiger partial charge in [0.15, 0.2) is 0 Å². The minimum Gasteiger partial charge on any atom is -0.508 e. The zero-order chi connectivity index (χ0) is 74.6. The highest BCUT2D eigenvalue weighted by molar-refractivity contribution is 8.76. The summed E-state index contributed by atoms with van der Waals surface area (Å²) in [5.41, 5.74) is 13.9. The van der Waals surface area contributed by atoms with Crippen molar-refractivity contribution in [2.45, 2.75) is 171 Å². The van der Waals surface area contributed by atoms with Crippen molar-refractivity contribution in [1.29, 1.82) is 0 Å². The Morgan fingerprint density at radius 1 is 0.644 bits per heavy atom. The van der Waals surface area contributed by atoms with Crippen LogP contribution in [0.5, 0.6) is 5.75 Å². The van der Waals surface area contributed by atoms with Crippen molar-refractivity contribution in [3.8, 4) is 5.75 Å². The Hall–Kier alpha value is -9.84. The highest BCUT2D eigenvalue weighted by Gasteiger charge is 2.42. The van der Waals surface area contributed by atoms with Gasteiger partial charge in [-0.2, -0.15) is 0 Å². The Bertz CT molecular complexity index is 3560. The molecule has 20 N–H and O–H groups in total. The number of hydrogen-bond acceptors (Lipinski definition) is 20. The van der Waals surface area contributed by atoms with Gasteiger partial charge in [0.1, 0.15) is 66.2 Å². The zero-order valence-corrected chi connectivity index (χ0v) is 57.6. The monoisotopic (exact) mass is 1450 g/mol. The average Bonchev–Trinajstić information content (AvgIpc) is 1.74. The molecule has 1 aromatic heterocycles. The number of likely N-dealkylation sites (tertiary alicyclic amines) is 1. The van der Waals surface area contributed by atoms with Crippen molar-refractivity contribution < 1.29 is 97.8 Å². The van der Waals surface area contributed by atoms with Crippen molar-refractivity contribution in [1.82, 2.24) is 57.7 Å². The van der Waals surface area contributed by atoms with Crippen LogP contribution in [0, 0.1) is 5.92 Å². The predicted molar refractivity (Wildman–Crippen MR) is 368 cm³/mol. The maximum Gasteiger partial charge on any atom is 0.326 e. The van der Waals surface area contributed by atoms with E-state index in [1.807, 2.05) is 0 Å². The van der Waals surface area contributed by atoms with Crippen LogP contribution >= 0.6 is 21.6 Å². The Morgan fingerprint density at radius 2 is 1.21 bits per heavy atom. The van der Waals surface area contributed by atoms with Crippen molar-refractivity contribution in [3.63, 3.8) is 0 Å². The fourth-order valence-electron chi connectivity index (χ4n) is 10.8. The molecule has 33 nitrogen and oxygen atoms in total. The molecule has 0 saturated carbocycles. The van der Waals surface area contributed by atoms with Crippen molar-refractivity contribution >= 4 is 115 Å². The molecule has 101 heavy (non-hydrogen) atoms. The summed E-state index contributed by atoms with van der Waals surface area (Å²) in [7, 11) is 1.65. The van der Waals surface area contributed by atoms with Crippen molar-refractivity contribution in [2.75, 3.05) is 24.6 Å². The average molecular weight is 1450 g/mol. The van der Waals surface area contributed by atoms with Gasteiger partial charge in [0.25, 0.3) is 5.97 Å². The molecule has 6 rings (SSSR count). The van der Waals surface area contributed by atoms with Crippen LogP contribution in [0.2, 0.25) is 0 Å². The number of aliphatic hydroxyl groups is 1. The molecule has 3 aromatic carbocycles. The molecule has 3 heterocycles. The predicted octanol–water partition coefficient (Wildman–Crippen LogP) is -1.34. The van der Waals surface area contributed by atoms with Gasteiger partial charge >= 0.3 is 17.9 Å². The molecular formula is C66H89N13O20S2. The van der Waals surface area contributed by atoms with Gasteiger partial charge in [-0.15, -0.1) is 0 Å². The first-order valence-corrected chi connectivity index (χ1v) is 35.0. The lowest BCUT2D eigenvalue weighted by atomic mass is 10.0. The number of nitrogens with two attached hydrogens (primary N) is 2. The number of carbonyl (C=O) groups is 14. The standard InChI is InChI=1S/C64H85N13O18S2.C2H4O2/c1-33(2)52(64(94)95)75-61(91)48-32-97-96-31-47(73-59(89)46(29-51(82)83)72-62(92)49-17-11-25-77(49)63(93)53(34(3)78)76-54(84)40(66)22-23-50(80)81)60(90)70-43(26-35-12-5-4-6-13-35)56(86)71-45(28-37-30-67-41-15-8-7-14-39(37)41)58(88)68-42(16-9-10-24-65)55(85)69-44(57(87)74-48)27-36-18-20-38(79)21-19-36;1-2(3)4/h4-8,12-15,18-21,30,33-34,40,42-49,52-53,67,78-79H,9-11,16-17,22-29,31-32,65-66H2,1-3H3,(H,68,88)(H,69,85)(H,70,90)(H,71,86)(H,72,92)(H,73,89)(H,74,87)(H,75,91)(H,76,84)(H,80,81)(H,82,83)(H,94,95);1H3,(H,3,4)/t34-,40+,42+,43+,44+,45+,46+,47+,48+,49+,52+,53+;/m1./s1. The van der Waals surface area contributed by atoms with Gasteiger partial charge in [0.05, 0.1) is 18.6 Å². The summed E-state index contributed by atoms with van der Waals surface area (Å²) in [5.74, 6) is -16.8. The third kappa shape index (κ3) is 26.3. The second-order valence-corrected chi connectivity index (χ2v) is 27.1. The topological polar surface area (TPSA) is 540 Å². The minimum absolute atomic E-state index is 0.0443.